The van der Waals surface area contributed by atoms with E-state index < -0.39 is 0 Å². The van der Waals surface area contributed by atoms with Crippen molar-refractivity contribution in [2.45, 2.75) is 25.6 Å². The second kappa shape index (κ2) is 6.13. The van der Waals surface area contributed by atoms with Crippen LogP contribution in [0.25, 0.3) is 11.0 Å². The number of amides is 1. The first kappa shape index (κ1) is 16.4. The van der Waals surface area contributed by atoms with Crippen LogP contribution >= 0.6 is 0 Å². The van der Waals surface area contributed by atoms with Crippen molar-refractivity contribution < 1.29 is 9.90 Å². The Balaban J connectivity index is 1.44. The van der Waals surface area contributed by atoms with Gasteiger partial charge in [-0.3, -0.25) is 4.79 Å². The summed E-state index contributed by atoms with van der Waals surface area (Å²) in [5.74, 6) is 0.898. The normalized spacial score (nSPS) is 19.7. The van der Waals surface area contributed by atoms with Gasteiger partial charge in [0.1, 0.15) is 0 Å². The number of carbonyl (C=O) groups is 1. The first-order valence-electron chi connectivity index (χ1n) is 9.43. The van der Waals surface area contributed by atoms with Gasteiger partial charge >= 0.3 is 0 Å². The zero-order valence-electron chi connectivity index (χ0n) is 15.4. The second-order valence-electron chi connectivity index (χ2n) is 7.48. The Labute approximate surface area is 157 Å². The minimum atomic E-state index is -0.292. The summed E-state index contributed by atoms with van der Waals surface area (Å²) in [6.07, 6.45) is 2.54. The molecule has 7 heteroatoms. The molecule has 0 aliphatic carbocycles. The third-order valence-electron chi connectivity index (χ3n) is 5.72. The van der Waals surface area contributed by atoms with Gasteiger partial charge < -0.3 is 24.0 Å². The van der Waals surface area contributed by atoms with Gasteiger partial charge in [-0.05, 0) is 36.8 Å². The van der Waals surface area contributed by atoms with Crippen LogP contribution in [-0.4, -0.2) is 55.8 Å². The van der Waals surface area contributed by atoms with Crippen LogP contribution in [0.15, 0.2) is 36.5 Å². The quantitative estimate of drug-likeness (QED) is 0.749. The zero-order valence-corrected chi connectivity index (χ0v) is 15.4. The van der Waals surface area contributed by atoms with E-state index in [1.165, 1.54) is 5.69 Å². The highest BCUT2D eigenvalue weighted by Gasteiger charge is 2.25. The molecule has 1 aromatic carbocycles. The number of rotatable bonds is 2. The van der Waals surface area contributed by atoms with E-state index in [4.69, 9.17) is 4.98 Å². The molecule has 0 unspecified atom stereocenters. The monoisotopic (exact) mass is 365 g/mol. The Kier molecular flexibility index (Phi) is 3.72. The number of carbonyl (C=O) groups excluding carboxylic acids is 1. The van der Waals surface area contributed by atoms with Gasteiger partial charge in [0.05, 0.1) is 23.7 Å². The molecule has 140 valence electrons. The molecule has 1 fully saturated rings. The number of aryl methyl sites for hydroxylation is 1. The van der Waals surface area contributed by atoms with Crippen LogP contribution < -0.4 is 4.90 Å². The number of β-amino-alcohol motifs (C(OH)–C–C–N with tert-alkyl or cyclic N) is 1. The van der Waals surface area contributed by atoms with Gasteiger partial charge in [-0.2, -0.15) is 0 Å². The standard InChI is InChI=1S/C20H23N5O2/c1-22-18-5-4-14(11-17(18)21-20(22)25-8-6-16(26)13-25)19(27)24-10-9-23-7-2-3-15(23)12-24/h2-5,7,11,16,26H,6,8-10,12-13H2,1H3/t16-/m0/s1. The zero-order chi connectivity index (χ0) is 18.5. The molecule has 2 aromatic heterocycles. The summed E-state index contributed by atoms with van der Waals surface area (Å²) in [4.78, 5) is 21.8. The van der Waals surface area contributed by atoms with Gasteiger partial charge in [0, 0.05) is 50.7 Å². The Morgan fingerprint density at radius 1 is 1.22 bits per heavy atom. The fraction of sp³-hybridized carbons (Fsp3) is 0.400. The maximum atomic E-state index is 13.0. The highest BCUT2D eigenvalue weighted by molar-refractivity contribution is 5.97. The van der Waals surface area contributed by atoms with Gasteiger partial charge in [0.15, 0.2) is 0 Å². The van der Waals surface area contributed by atoms with Crippen molar-refractivity contribution in [3.8, 4) is 0 Å². The molecule has 0 bridgehead atoms. The molecule has 2 aliphatic rings. The van der Waals surface area contributed by atoms with Crippen molar-refractivity contribution in [1.82, 2.24) is 19.0 Å². The molecule has 27 heavy (non-hydrogen) atoms. The van der Waals surface area contributed by atoms with Crippen LogP contribution in [0.3, 0.4) is 0 Å². The minimum Gasteiger partial charge on any atom is -0.391 e. The van der Waals surface area contributed by atoms with Gasteiger partial charge in [-0.25, -0.2) is 4.98 Å². The van der Waals surface area contributed by atoms with E-state index in [2.05, 4.69) is 21.7 Å². The van der Waals surface area contributed by atoms with Gasteiger partial charge in [0.2, 0.25) is 5.95 Å². The molecule has 1 atom stereocenters. The molecule has 1 saturated heterocycles. The number of aromatic nitrogens is 3. The van der Waals surface area contributed by atoms with Crippen LogP contribution in [0, 0.1) is 0 Å². The summed E-state index contributed by atoms with van der Waals surface area (Å²) in [5, 5.41) is 9.81. The number of nitrogens with zero attached hydrogens (tertiary/aromatic N) is 5. The number of fused-ring (bicyclic) bond motifs is 2. The van der Waals surface area contributed by atoms with Crippen LogP contribution in [0.4, 0.5) is 5.95 Å². The van der Waals surface area contributed by atoms with E-state index in [1.54, 1.807) is 0 Å². The van der Waals surface area contributed by atoms with Crippen molar-refractivity contribution in [3.63, 3.8) is 0 Å². The summed E-state index contributed by atoms with van der Waals surface area (Å²) >= 11 is 0. The van der Waals surface area contributed by atoms with Crippen molar-refractivity contribution in [1.29, 1.82) is 0 Å². The summed E-state index contributed by atoms with van der Waals surface area (Å²) < 4.78 is 4.23. The highest BCUT2D eigenvalue weighted by atomic mass is 16.3. The SMILES string of the molecule is Cn1c(N2CC[C@H](O)C2)nc2cc(C(=O)N3CCn4cccc4C3)ccc21. The fourth-order valence-electron chi connectivity index (χ4n) is 4.20. The van der Waals surface area contributed by atoms with Crippen LogP contribution in [0.1, 0.15) is 22.5 Å². The lowest BCUT2D eigenvalue weighted by atomic mass is 10.1. The molecular formula is C20H23N5O2. The summed E-state index contributed by atoms with van der Waals surface area (Å²) in [5.41, 5.74) is 3.66. The Hall–Kier alpha value is -2.80. The molecule has 3 aromatic rings. The smallest absolute Gasteiger partial charge is 0.254 e. The molecule has 4 heterocycles. The number of hydrogen-bond donors (Lipinski definition) is 1. The molecule has 5 rings (SSSR count). The van der Waals surface area contributed by atoms with E-state index in [-0.39, 0.29) is 12.0 Å². The number of anilines is 1. The van der Waals surface area contributed by atoms with Crippen LogP contribution in [-0.2, 0) is 20.1 Å². The van der Waals surface area contributed by atoms with E-state index >= 15 is 0 Å². The van der Waals surface area contributed by atoms with Gasteiger partial charge in [-0.15, -0.1) is 0 Å². The lowest BCUT2D eigenvalue weighted by Crippen LogP contribution is -2.37. The molecule has 1 N–H and O–H groups in total. The summed E-state index contributed by atoms with van der Waals surface area (Å²) in [6.45, 7) is 3.61. The summed E-state index contributed by atoms with van der Waals surface area (Å²) in [6, 6.07) is 9.85. The first-order chi connectivity index (χ1) is 13.1. The summed E-state index contributed by atoms with van der Waals surface area (Å²) in [7, 11) is 1.98. The van der Waals surface area contributed by atoms with Gasteiger partial charge in [-0.1, -0.05) is 0 Å². The van der Waals surface area contributed by atoms with Gasteiger partial charge in [0.25, 0.3) is 5.91 Å². The second-order valence-corrected chi connectivity index (χ2v) is 7.48. The Bertz CT molecular complexity index is 1020. The number of hydrogen-bond acceptors (Lipinski definition) is 4. The van der Waals surface area contributed by atoms with Crippen molar-refractivity contribution >= 4 is 22.9 Å². The number of aliphatic hydroxyl groups excluding tert-OH is 1. The van der Waals surface area contributed by atoms with E-state index in [9.17, 15) is 9.90 Å². The molecule has 2 aliphatic heterocycles. The predicted molar refractivity (Wildman–Crippen MR) is 103 cm³/mol. The average Bonchev–Trinajstić information content (AvgIpc) is 3.39. The molecule has 0 radical (unpaired) electrons. The van der Waals surface area contributed by atoms with E-state index in [0.29, 0.717) is 18.7 Å². The molecule has 0 saturated carbocycles. The fourth-order valence-corrected chi connectivity index (χ4v) is 4.20. The largest absolute Gasteiger partial charge is 0.391 e. The lowest BCUT2D eigenvalue weighted by Gasteiger charge is -2.28. The minimum absolute atomic E-state index is 0.0492. The third kappa shape index (κ3) is 2.70. The predicted octanol–water partition coefficient (Wildman–Crippen LogP) is 1.60. The van der Waals surface area contributed by atoms with Crippen molar-refractivity contribution in [2.75, 3.05) is 24.5 Å². The Morgan fingerprint density at radius 3 is 2.93 bits per heavy atom. The number of imidazole rings is 1. The number of benzene rings is 1. The van der Waals surface area contributed by atoms with E-state index in [0.717, 1.165) is 43.0 Å². The topological polar surface area (TPSA) is 66.5 Å². The Morgan fingerprint density at radius 2 is 2.11 bits per heavy atom. The lowest BCUT2D eigenvalue weighted by molar-refractivity contribution is 0.0711. The molecule has 7 nitrogen and oxygen atoms in total. The number of aliphatic hydroxyl groups is 1. The molecule has 1 amide bonds. The van der Waals surface area contributed by atoms with Crippen molar-refractivity contribution in [2.24, 2.45) is 7.05 Å². The molecule has 0 spiro atoms. The van der Waals surface area contributed by atoms with Crippen LogP contribution in [0.2, 0.25) is 0 Å². The molecular weight excluding hydrogens is 342 g/mol. The maximum Gasteiger partial charge on any atom is 0.254 e. The van der Waals surface area contributed by atoms with E-state index in [1.807, 2.05) is 40.8 Å². The van der Waals surface area contributed by atoms with Crippen molar-refractivity contribution in [3.05, 3.63) is 47.8 Å². The van der Waals surface area contributed by atoms with Crippen LogP contribution in [0.5, 0.6) is 0 Å². The average molecular weight is 365 g/mol. The maximum absolute atomic E-state index is 13.0. The highest BCUT2D eigenvalue weighted by Crippen LogP contribution is 2.26. The first-order valence-corrected chi connectivity index (χ1v) is 9.43. The third-order valence-corrected chi connectivity index (χ3v) is 5.72.